The molecule has 1 atom stereocenters. The van der Waals surface area contributed by atoms with E-state index in [1.165, 1.54) is 14.2 Å². The molecule has 0 aliphatic carbocycles. The topological polar surface area (TPSA) is 44.5 Å². The molecule has 2 N–H and O–H groups in total. The molecular formula is C6H12F3NO2. The second-order valence-corrected chi connectivity index (χ2v) is 2.32. The van der Waals surface area contributed by atoms with Crippen molar-refractivity contribution < 1.29 is 22.6 Å². The maximum Gasteiger partial charge on any atom is 0.390 e. The fourth-order valence-electron chi connectivity index (χ4n) is 0.809. The highest BCUT2D eigenvalue weighted by atomic mass is 19.4. The van der Waals surface area contributed by atoms with Crippen LogP contribution in [0, 0.1) is 0 Å². The van der Waals surface area contributed by atoms with E-state index in [-0.39, 0.29) is 0 Å². The normalized spacial score (nSPS) is 15.2. The number of ether oxygens (including phenoxy) is 2. The van der Waals surface area contributed by atoms with Crippen LogP contribution in [0.4, 0.5) is 13.2 Å². The Balaban J connectivity index is 3.92. The van der Waals surface area contributed by atoms with E-state index >= 15 is 0 Å². The van der Waals surface area contributed by atoms with Crippen molar-refractivity contribution >= 4 is 0 Å². The van der Waals surface area contributed by atoms with E-state index in [1.807, 2.05) is 0 Å². The number of rotatable bonds is 4. The van der Waals surface area contributed by atoms with Crippen LogP contribution in [0.25, 0.3) is 0 Å². The number of methoxy groups -OCH3 is 2. The quantitative estimate of drug-likeness (QED) is 0.664. The lowest BCUT2D eigenvalue weighted by molar-refractivity contribution is -0.172. The van der Waals surface area contributed by atoms with Gasteiger partial charge in [0.15, 0.2) is 6.29 Å². The van der Waals surface area contributed by atoms with Gasteiger partial charge in [-0.25, -0.2) is 0 Å². The summed E-state index contributed by atoms with van der Waals surface area (Å²) >= 11 is 0. The average Bonchev–Trinajstić information content (AvgIpc) is 1.85. The Morgan fingerprint density at radius 3 is 1.92 bits per heavy atom. The molecule has 0 rings (SSSR count). The first-order valence-corrected chi connectivity index (χ1v) is 3.28. The summed E-state index contributed by atoms with van der Waals surface area (Å²) in [6, 6.07) is -1.18. The highest BCUT2D eigenvalue weighted by Gasteiger charge is 2.33. The highest BCUT2D eigenvalue weighted by Crippen LogP contribution is 2.22. The molecule has 0 aromatic carbocycles. The van der Waals surface area contributed by atoms with E-state index in [9.17, 15) is 13.2 Å². The van der Waals surface area contributed by atoms with Gasteiger partial charge >= 0.3 is 6.18 Å². The van der Waals surface area contributed by atoms with E-state index in [2.05, 4.69) is 9.47 Å². The third-order valence-corrected chi connectivity index (χ3v) is 1.28. The highest BCUT2D eigenvalue weighted by molar-refractivity contribution is 4.69. The molecule has 6 heteroatoms. The summed E-state index contributed by atoms with van der Waals surface area (Å²) in [4.78, 5) is 0. The molecule has 0 aromatic heterocycles. The second-order valence-electron chi connectivity index (χ2n) is 2.32. The minimum absolute atomic E-state index is 1.01. The summed E-state index contributed by atoms with van der Waals surface area (Å²) in [6.07, 6.45) is -6.40. The lowest BCUT2D eigenvalue weighted by atomic mass is 10.2. The summed E-state index contributed by atoms with van der Waals surface area (Å²) < 4.78 is 44.4. The summed E-state index contributed by atoms with van der Waals surface area (Å²) in [5, 5.41) is 0. The Labute approximate surface area is 68.6 Å². The van der Waals surface area contributed by atoms with Crippen molar-refractivity contribution in [3.8, 4) is 0 Å². The van der Waals surface area contributed by atoms with Crippen molar-refractivity contribution in [2.45, 2.75) is 24.9 Å². The van der Waals surface area contributed by atoms with Gasteiger partial charge in [-0.3, -0.25) is 0 Å². The molecule has 0 saturated heterocycles. The van der Waals surface area contributed by atoms with Gasteiger partial charge in [0.05, 0.1) is 12.5 Å². The third-order valence-electron chi connectivity index (χ3n) is 1.28. The van der Waals surface area contributed by atoms with Crippen molar-refractivity contribution in [2.75, 3.05) is 14.2 Å². The number of hydrogen-bond acceptors (Lipinski definition) is 3. The van der Waals surface area contributed by atoms with Crippen LogP contribution in [0.2, 0.25) is 0 Å². The van der Waals surface area contributed by atoms with Crippen molar-refractivity contribution in [3.05, 3.63) is 0 Å². The van der Waals surface area contributed by atoms with Crippen LogP contribution in [0.5, 0.6) is 0 Å². The Hall–Kier alpha value is -0.330. The van der Waals surface area contributed by atoms with Gasteiger partial charge in [-0.2, -0.15) is 13.2 Å². The largest absolute Gasteiger partial charge is 0.390 e. The van der Waals surface area contributed by atoms with Crippen molar-refractivity contribution in [3.63, 3.8) is 0 Å². The summed E-state index contributed by atoms with van der Waals surface area (Å²) in [5.74, 6) is 0. The zero-order valence-electron chi connectivity index (χ0n) is 6.89. The van der Waals surface area contributed by atoms with Gasteiger partial charge in [-0.1, -0.05) is 0 Å². The van der Waals surface area contributed by atoms with Gasteiger partial charge in [0.1, 0.15) is 0 Å². The van der Waals surface area contributed by atoms with Gasteiger partial charge in [-0.15, -0.1) is 0 Å². The van der Waals surface area contributed by atoms with Crippen LogP contribution in [0.15, 0.2) is 0 Å². The first-order valence-electron chi connectivity index (χ1n) is 3.28. The average molecular weight is 187 g/mol. The van der Waals surface area contributed by atoms with Gasteiger partial charge in [0.2, 0.25) is 0 Å². The Bertz CT molecular complexity index is 124. The monoisotopic (exact) mass is 187 g/mol. The third kappa shape index (κ3) is 4.53. The van der Waals surface area contributed by atoms with E-state index in [1.54, 1.807) is 0 Å². The summed E-state index contributed by atoms with van der Waals surface area (Å²) in [5.41, 5.74) is 5.16. The van der Waals surface area contributed by atoms with E-state index in [4.69, 9.17) is 5.73 Å². The number of halogens is 3. The van der Waals surface area contributed by atoms with Gasteiger partial charge in [-0.05, 0) is 0 Å². The molecule has 0 amide bonds. The first kappa shape index (κ1) is 11.7. The van der Waals surface area contributed by atoms with E-state index < -0.39 is 24.9 Å². The Morgan fingerprint density at radius 2 is 1.67 bits per heavy atom. The maximum atomic E-state index is 11.7. The SMILES string of the molecule is COC(OC)C(N)CC(F)(F)F. The zero-order chi connectivity index (χ0) is 9.78. The molecule has 0 bridgehead atoms. The lowest BCUT2D eigenvalue weighted by Crippen LogP contribution is -2.40. The van der Waals surface area contributed by atoms with Crippen LogP contribution >= 0.6 is 0 Å². The molecule has 74 valence electrons. The minimum atomic E-state index is -4.28. The number of alkyl halides is 3. The number of hydrogen-bond donors (Lipinski definition) is 1. The predicted octanol–water partition coefficient (Wildman–Crippen LogP) is 0.885. The minimum Gasteiger partial charge on any atom is -0.354 e. The molecule has 1 unspecified atom stereocenters. The molecule has 0 aliphatic heterocycles. The first-order chi connectivity index (χ1) is 5.40. The molecule has 0 radical (unpaired) electrons. The van der Waals surface area contributed by atoms with Crippen LogP contribution in [0.1, 0.15) is 6.42 Å². The van der Waals surface area contributed by atoms with Crippen LogP contribution < -0.4 is 5.73 Å². The molecule has 0 heterocycles. The molecule has 0 saturated carbocycles. The van der Waals surface area contributed by atoms with Gasteiger partial charge in [0.25, 0.3) is 0 Å². The standard InChI is InChI=1S/C6H12F3NO2/c1-11-5(12-2)4(10)3-6(7,8)9/h4-5H,3,10H2,1-2H3. The fourth-order valence-corrected chi connectivity index (χ4v) is 0.809. The van der Waals surface area contributed by atoms with Crippen LogP contribution in [-0.4, -0.2) is 32.7 Å². The molecular weight excluding hydrogens is 175 g/mol. The van der Waals surface area contributed by atoms with Gasteiger partial charge < -0.3 is 15.2 Å². The fraction of sp³-hybridized carbons (Fsp3) is 1.00. The van der Waals surface area contributed by atoms with Gasteiger partial charge in [0, 0.05) is 14.2 Å². The van der Waals surface area contributed by atoms with Crippen molar-refractivity contribution in [2.24, 2.45) is 5.73 Å². The van der Waals surface area contributed by atoms with Crippen molar-refractivity contribution in [1.82, 2.24) is 0 Å². The summed E-state index contributed by atoms with van der Waals surface area (Å²) in [6.45, 7) is 0. The summed E-state index contributed by atoms with van der Waals surface area (Å²) in [7, 11) is 2.48. The van der Waals surface area contributed by atoms with E-state index in [0.717, 1.165) is 0 Å². The lowest BCUT2D eigenvalue weighted by Gasteiger charge is -2.21. The zero-order valence-corrected chi connectivity index (χ0v) is 6.89. The molecule has 0 aliphatic rings. The molecule has 0 fully saturated rings. The smallest absolute Gasteiger partial charge is 0.354 e. The maximum absolute atomic E-state index is 11.7. The second kappa shape index (κ2) is 4.64. The number of nitrogens with two attached hydrogens (primary N) is 1. The molecule has 12 heavy (non-hydrogen) atoms. The molecule has 0 spiro atoms. The Kier molecular flexibility index (Phi) is 4.51. The molecule has 0 aromatic rings. The predicted molar refractivity (Wildman–Crippen MR) is 36.5 cm³/mol. The van der Waals surface area contributed by atoms with Crippen LogP contribution in [-0.2, 0) is 9.47 Å². The van der Waals surface area contributed by atoms with Crippen LogP contribution in [0.3, 0.4) is 0 Å². The van der Waals surface area contributed by atoms with Crippen molar-refractivity contribution in [1.29, 1.82) is 0 Å². The van der Waals surface area contributed by atoms with E-state index in [0.29, 0.717) is 0 Å². The Morgan fingerprint density at radius 1 is 1.25 bits per heavy atom. The molecule has 3 nitrogen and oxygen atoms in total.